The van der Waals surface area contributed by atoms with Crippen LogP contribution in [-0.2, 0) is 9.59 Å². The Morgan fingerprint density at radius 2 is 1.11 bits per heavy atom. The summed E-state index contributed by atoms with van der Waals surface area (Å²) in [5, 5.41) is 25.9. The van der Waals surface area contributed by atoms with Crippen LogP contribution in [0.25, 0.3) is 0 Å². The van der Waals surface area contributed by atoms with Crippen molar-refractivity contribution >= 4 is 11.9 Å². The highest BCUT2D eigenvalue weighted by molar-refractivity contribution is 5.85. The highest BCUT2D eigenvalue weighted by Crippen LogP contribution is 1.95. The van der Waals surface area contributed by atoms with Gasteiger partial charge in [-0.15, -0.1) is 0 Å². The van der Waals surface area contributed by atoms with Gasteiger partial charge in [-0.25, -0.2) is 0 Å². The maximum Gasteiger partial charge on any atom is 0.322 e. The van der Waals surface area contributed by atoms with Crippen molar-refractivity contribution in [3.05, 3.63) is 0 Å². The number of hydrogen-bond donors (Lipinski definition) is 5. The van der Waals surface area contributed by atoms with Gasteiger partial charge in [-0.2, -0.15) is 0 Å². The van der Waals surface area contributed by atoms with E-state index >= 15 is 0 Å². The lowest BCUT2D eigenvalue weighted by molar-refractivity contribution is -0.148. The second kappa shape index (κ2) is 13.3. The minimum Gasteiger partial charge on any atom is -0.480 e. The fourth-order valence-electron chi connectivity index (χ4n) is 1.39. The molecule has 7 heteroatoms. The van der Waals surface area contributed by atoms with E-state index in [4.69, 9.17) is 10.2 Å². The molecule has 0 aromatic carbocycles. The lowest BCUT2D eigenvalue weighted by Crippen LogP contribution is -2.56. The predicted molar refractivity (Wildman–Crippen MR) is 74.4 cm³/mol. The van der Waals surface area contributed by atoms with Crippen LogP contribution in [0.4, 0.5) is 0 Å². The number of aliphatic carboxylic acids is 2. The van der Waals surface area contributed by atoms with Crippen LogP contribution in [0.5, 0.6) is 0 Å². The molecule has 0 aromatic rings. The van der Waals surface area contributed by atoms with Gasteiger partial charge in [-0.05, 0) is 26.2 Å². The van der Waals surface area contributed by atoms with Gasteiger partial charge in [0.15, 0.2) is 0 Å². The molecule has 19 heavy (non-hydrogen) atoms. The lowest BCUT2D eigenvalue weighted by atomic mass is 10.1. The first-order chi connectivity index (χ1) is 8.95. The summed E-state index contributed by atoms with van der Waals surface area (Å²) in [6, 6.07) is -2.20. The minimum absolute atomic E-state index is 0.409. The maximum atomic E-state index is 10.7. The highest BCUT2D eigenvalue weighted by Gasteiger charge is 2.32. The number of hydrogen-bond acceptors (Lipinski definition) is 5. The molecule has 0 bridgehead atoms. The summed E-state index contributed by atoms with van der Waals surface area (Å²) in [5.41, 5.74) is 0. The van der Waals surface area contributed by atoms with E-state index in [0.29, 0.717) is 13.1 Å². The molecule has 5 N–H and O–H groups in total. The van der Waals surface area contributed by atoms with Crippen molar-refractivity contribution in [1.82, 2.24) is 16.0 Å². The second-order valence-corrected chi connectivity index (χ2v) is 3.70. The van der Waals surface area contributed by atoms with Crippen molar-refractivity contribution in [2.45, 2.75) is 39.8 Å². The summed E-state index contributed by atoms with van der Waals surface area (Å²) in [4.78, 5) is 21.5. The predicted octanol–water partition coefficient (Wildman–Crippen LogP) is -0.272. The van der Waals surface area contributed by atoms with Crippen molar-refractivity contribution in [3.8, 4) is 0 Å². The molecule has 0 spiro atoms. The van der Waals surface area contributed by atoms with E-state index in [0.717, 1.165) is 13.1 Å². The molecule has 0 heterocycles. The lowest BCUT2D eigenvalue weighted by Gasteiger charge is -2.21. The Labute approximate surface area is 114 Å². The summed E-state index contributed by atoms with van der Waals surface area (Å²) in [5.74, 6) is -2.33. The Morgan fingerprint density at radius 1 is 0.789 bits per heavy atom. The second-order valence-electron chi connectivity index (χ2n) is 3.70. The number of nitrogens with one attached hydrogen (secondary N) is 3. The topological polar surface area (TPSA) is 111 Å². The van der Waals surface area contributed by atoms with Gasteiger partial charge in [0.2, 0.25) is 0 Å². The van der Waals surface area contributed by atoms with Crippen LogP contribution in [0.1, 0.15) is 27.7 Å². The van der Waals surface area contributed by atoms with Crippen molar-refractivity contribution in [1.29, 1.82) is 0 Å². The van der Waals surface area contributed by atoms with Gasteiger partial charge in [0.25, 0.3) is 0 Å². The third-order valence-corrected chi connectivity index (χ3v) is 2.21. The summed E-state index contributed by atoms with van der Waals surface area (Å²) in [6.07, 6.45) is 0. The van der Waals surface area contributed by atoms with E-state index in [9.17, 15) is 9.59 Å². The molecule has 0 amide bonds. The van der Waals surface area contributed by atoms with Gasteiger partial charge in [0.05, 0.1) is 0 Å². The Morgan fingerprint density at radius 3 is 1.21 bits per heavy atom. The van der Waals surface area contributed by atoms with Gasteiger partial charge in [0.1, 0.15) is 12.1 Å². The van der Waals surface area contributed by atoms with Crippen molar-refractivity contribution in [3.63, 3.8) is 0 Å². The number of carbonyl (C=O) groups is 2. The number of likely N-dealkylation sites (N-methyl/N-ethyl adjacent to an activating group) is 2. The Hall–Kier alpha value is -1.18. The largest absolute Gasteiger partial charge is 0.480 e. The third-order valence-electron chi connectivity index (χ3n) is 2.21. The normalized spacial score (nSPS) is 13.1. The zero-order chi connectivity index (χ0) is 15.3. The molecule has 0 saturated heterocycles. The van der Waals surface area contributed by atoms with Gasteiger partial charge >= 0.3 is 11.9 Å². The summed E-state index contributed by atoms with van der Waals surface area (Å²) < 4.78 is 0. The van der Waals surface area contributed by atoms with Crippen LogP contribution in [0.2, 0.25) is 0 Å². The summed E-state index contributed by atoms with van der Waals surface area (Å²) in [7, 11) is 0. The highest BCUT2D eigenvalue weighted by atomic mass is 16.4. The van der Waals surface area contributed by atoms with E-state index < -0.39 is 24.0 Å². The average Bonchev–Trinajstić information content (AvgIpc) is 2.34. The molecule has 0 aliphatic heterocycles. The Bertz CT molecular complexity index is 225. The molecule has 0 fully saturated rings. The molecular weight excluding hydrogens is 250 g/mol. The molecular formula is C12H27N3O4. The van der Waals surface area contributed by atoms with Crippen molar-refractivity contribution < 1.29 is 19.8 Å². The van der Waals surface area contributed by atoms with Gasteiger partial charge in [-0.1, -0.05) is 27.7 Å². The number of carboxylic acids is 2. The van der Waals surface area contributed by atoms with Crippen molar-refractivity contribution in [2.24, 2.45) is 0 Å². The fourth-order valence-corrected chi connectivity index (χ4v) is 1.39. The Balaban J connectivity index is 0. The van der Waals surface area contributed by atoms with E-state index in [1.165, 1.54) is 0 Å². The van der Waals surface area contributed by atoms with Crippen LogP contribution < -0.4 is 16.0 Å². The van der Waals surface area contributed by atoms with E-state index in [1.54, 1.807) is 13.8 Å². The van der Waals surface area contributed by atoms with Crippen LogP contribution in [0, 0.1) is 0 Å². The van der Waals surface area contributed by atoms with E-state index in [2.05, 4.69) is 29.8 Å². The maximum absolute atomic E-state index is 10.7. The first-order valence-electron chi connectivity index (χ1n) is 6.59. The van der Waals surface area contributed by atoms with Gasteiger partial charge in [0, 0.05) is 0 Å². The van der Waals surface area contributed by atoms with Crippen LogP contribution in [0.15, 0.2) is 0 Å². The van der Waals surface area contributed by atoms with E-state index in [1.807, 2.05) is 0 Å². The molecule has 0 aliphatic rings. The monoisotopic (exact) mass is 277 g/mol. The summed E-state index contributed by atoms with van der Waals surface area (Å²) >= 11 is 0. The molecule has 0 aromatic heterocycles. The zero-order valence-corrected chi connectivity index (χ0v) is 12.2. The molecule has 2 unspecified atom stereocenters. The molecule has 7 nitrogen and oxygen atoms in total. The average molecular weight is 277 g/mol. The standard InChI is InChI=1S/C8H16N2O4.C4H11N/c1-3-9-5(7(11)12)6(8(13)14)10-4-2;1-3-5-4-2/h5-6,9-10H,3-4H2,1-2H3,(H,11,12)(H,13,14);5H,3-4H2,1-2H3. The smallest absolute Gasteiger partial charge is 0.322 e. The third kappa shape index (κ3) is 10.4. The molecule has 114 valence electrons. The zero-order valence-electron chi connectivity index (χ0n) is 12.2. The molecule has 2 atom stereocenters. The van der Waals surface area contributed by atoms with E-state index in [-0.39, 0.29) is 0 Å². The minimum atomic E-state index is -1.17. The number of rotatable bonds is 9. The van der Waals surface area contributed by atoms with Crippen LogP contribution in [-0.4, -0.2) is 60.4 Å². The van der Waals surface area contributed by atoms with Crippen LogP contribution in [0.3, 0.4) is 0 Å². The fraction of sp³-hybridized carbons (Fsp3) is 0.833. The van der Waals surface area contributed by atoms with Crippen molar-refractivity contribution in [2.75, 3.05) is 26.2 Å². The molecule has 0 rings (SSSR count). The SMILES string of the molecule is CCNC(C(=O)O)C(NCC)C(=O)O.CCNCC. The molecule has 0 saturated carbocycles. The van der Waals surface area contributed by atoms with Gasteiger partial charge in [-0.3, -0.25) is 9.59 Å². The summed E-state index contributed by atoms with van der Waals surface area (Å²) in [6.45, 7) is 10.7. The molecule has 0 radical (unpaired) electrons. The first-order valence-corrected chi connectivity index (χ1v) is 6.59. The Kier molecular flexibility index (Phi) is 14.1. The quantitative estimate of drug-likeness (QED) is 0.394. The van der Waals surface area contributed by atoms with Crippen LogP contribution >= 0.6 is 0 Å². The first kappa shape index (κ1) is 20.1. The van der Waals surface area contributed by atoms with Gasteiger partial charge < -0.3 is 26.2 Å². The number of carboxylic acid groups (broad SMARTS) is 2. The molecule has 0 aliphatic carbocycles.